The molecule has 0 spiro atoms. The smallest absolute Gasteiger partial charge is 0.323 e. The molecule has 0 radical (unpaired) electrons. The number of methoxy groups -OCH3 is 1. The van der Waals surface area contributed by atoms with E-state index in [2.05, 4.69) is 119 Å². The fraction of sp³-hybridized carbons (Fsp3) is 0.594. The summed E-state index contributed by atoms with van der Waals surface area (Å²) < 4.78 is 55.0. The van der Waals surface area contributed by atoms with E-state index in [9.17, 15) is 0 Å². The van der Waals surface area contributed by atoms with Gasteiger partial charge >= 0.3 is 24.1 Å². The van der Waals surface area contributed by atoms with Crippen molar-refractivity contribution in [2.45, 2.75) is 416 Å². The summed E-state index contributed by atoms with van der Waals surface area (Å²) in [6.45, 7) is 28.3. The van der Waals surface area contributed by atoms with E-state index in [0.29, 0.717) is 150 Å². The molecular weight excluding hydrogens is 1840 g/mol. The quantitative estimate of drug-likeness (QED) is 0.0166. The molecule has 0 aromatic heterocycles. The Labute approximate surface area is 893 Å². The van der Waals surface area contributed by atoms with Crippen LogP contribution in [0.2, 0.25) is 0 Å². The normalized spacial score (nSPS) is 11.8. The van der Waals surface area contributed by atoms with E-state index in [1.165, 1.54) is 205 Å². The van der Waals surface area contributed by atoms with Crippen molar-refractivity contribution < 1.29 is 57.1 Å². The van der Waals surface area contributed by atoms with Crippen molar-refractivity contribution in [2.24, 2.45) is 23.7 Å². The molecule has 0 saturated carbocycles. The van der Waals surface area contributed by atoms with Crippen LogP contribution in [0.3, 0.4) is 0 Å². The largest absolute Gasteiger partial charge is 0.496 e. The van der Waals surface area contributed by atoms with E-state index in [-0.39, 0.29) is 25.7 Å². The molecule has 0 saturated heterocycles. The predicted octanol–water partition coefficient (Wildman–Crippen LogP) is 37.4. The van der Waals surface area contributed by atoms with Crippen molar-refractivity contribution >= 4 is 69.6 Å². The van der Waals surface area contributed by atoms with E-state index < -0.39 is 24.1 Å². The summed E-state index contributed by atoms with van der Waals surface area (Å²) in [5.74, 6) is 7.24. The third-order valence-corrected chi connectivity index (χ3v) is 28.8. The lowest BCUT2D eigenvalue weighted by Gasteiger charge is -2.25. The van der Waals surface area contributed by atoms with Crippen molar-refractivity contribution in [3.8, 4) is 46.0 Å². The van der Waals surface area contributed by atoms with E-state index in [4.69, 9.17) is 37.9 Å². The van der Waals surface area contributed by atoms with Crippen molar-refractivity contribution in [1.29, 1.82) is 0 Å². The topological polar surface area (TPSA) is 238 Å². The maximum atomic E-state index is 15.1. The van der Waals surface area contributed by atoms with Crippen LogP contribution in [0.15, 0.2) is 146 Å². The minimum Gasteiger partial charge on any atom is -0.496 e. The van der Waals surface area contributed by atoms with Crippen molar-refractivity contribution in [2.75, 3.05) is 95.9 Å². The zero-order valence-corrected chi connectivity index (χ0v) is 93.5. The number of nitrogens with one attached hydrogen (secondary N) is 8. The number of rotatable bonds is 76. The molecule has 9 rings (SSSR count). The maximum Gasteiger partial charge on any atom is 0.323 e. The molecule has 0 aliphatic heterocycles. The van der Waals surface area contributed by atoms with Gasteiger partial charge in [-0.3, -0.25) is 0 Å². The summed E-state index contributed by atoms with van der Waals surface area (Å²) in [5.41, 5.74) is 10.0. The van der Waals surface area contributed by atoms with Gasteiger partial charge < -0.3 is 80.4 Å². The molecule has 1 aliphatic rings. The molecule has 0 heterocycles. The molecule has 148 heavy (non-hydrogen) atoms. The van der Waals surface area contributed by atoms with Crippen molar-refractivity contribution in [3.05, 3.63) is 190 Å². The van der Waals surface area contributed by atoms with Crippen LogP contribution in [-0.4, -0.2) is 77.5 Å². The number of unbranched alkanes of at least 4 members (excludes halogenated alkanes) is 30. The monoisotopic (exact) mass is 2030 g/mol. The number of hydrogen-bond donors (Lipinski definition) is 8. The number of ether oxygens (including phenoxy) is 8. The number of benzene rings is 8. The molecule has 816 valence electrons. The average Bonchev–Trinajstić information content (AvgIpc) is 0.767. The van der Waals surface area contributed by atoms with Gasteiger partial charge in [0.15, 0.2) is 0 Å². The van der Waals surface area contributed by atoms with Gasteiger partial charge in [0, 0.05) is 116 Å². The highest BCUT2D eigenvalue weighted by Crippen LogP contribution is 2.45. The number of hydrogen-bond acceptors (Lipinski definition) is 12. The molecule has 1 aliphatic carbocycles. The molecule has 0 unspecified atom stereocenters. The maximum absolute atomic E-state index is 15.1. The van der Waals surface area contributed by atoms with E-state index in [1.807, 2.05) is 146 Å². The second-order valence-corrected chi connectivity index (χ2v) is 42.0. The van der Waals surface area contributed by atoms with Crippen LogP contribution >= 0.6 is 0 Å². The van der Waals surface area contributed by atoms with Crippen molar-refractivity contribution in [1.82, 2.24) is 0 Å². The van der Waals surface area contributed by atoms with Crippen LogP contribution in [-0.2, 0) is 25.7 Å². The first-order valence-corrected chi connectivity index (χ1v) is 58.8. The molecular formula is C128H192N8O12. The van der Waals surface area contributed by atoms with Crippen LogP contribution < -0.4 is 80.4 Å². The first-order valence-electron chi connectivity index (χ1n) is 58.8. The molecule has 8 aromatic rings. The van der Waals surface area contributed by atoms with Crippen LogP contribution in [0, 0.1) is 23.7 Å². The Hall–Kier alpha value is -10.8. The second kappa shape index (κ2) is 72.6. The van der Waals surface area contributed by atoms with Gasteiger partial charge in [-0.15, -0.1) is 0 Å². The summed E-state index contributed by atoms with van der Waals surface area (Å²) >= 11 is 0. The number of anilines is 8. The third kappa shape index (κ3) is 46.4. The van der Waals surface area contributed by atoms with Crippen molar-refractivity contribution in [3.63, 3.8) is 0 Å². The highest BCUT2D eigenvalue weighted by molar-refractivity contribution is 6.02. The van der Waals surface area contributed by atoms with Crippen LogP contribution in [0.1, 0.15) is 435 Å². The molecule has 20 nitrogen and oxygen atoms in total. The Morgan fingerprint density at radius 3 is 0.534 bits per heavy atom. The third-order valence-electron chi connectivity index (χ3n) is 28.8. The average molecular weight is 2030 g/mol. The first kappa shape index (κ1) is 121. The van der Waals surface area contributed by atoms with E-state index in [1.54, 1.807) is 7.11 Å². The first-order chi connectivity index (χ1) is 72.5. The summed E-state index contributed by atoms with van der Waals surface area (Å²) in [5, 5.41) is 25.9. The number of carbonyl (C=O) groups excluding carboxylic acids is 4. The van der Waals surface area contributed by atoms with Gasteiger partial charge in [0.05, 0.1) is 53.4 Å². The fourth-order valence-electron chi connectivity index (χ4n) is 20.3. The standard InChI is InChI=1S/C128H192N8O12/c1-13-24-35-43-54-97(55-44-36-25-14-2)93-145-117-70-62-109(63-71-117)129-125(137)133-113-85-101-81-103-87-114(134-126(138)130-110-64-72-118(73-65-110)146-94-98(56-45-37-26-15-3)57-46-38-27-16-4)89-105(122(103)142-78-51-32-21-9)83-107-91-116(136-128(140)132-112-68-76-120(77-69-112)148-96-100(60-49-41-30-19-7)61-50-42-31-20-8)92-108(124(107)144-80-53-34-23-11)84-106-90-115(88-104(82-102(86-113)121(101)141-12)123(106)143-79-52-33-22-10)135-127(139)131-111-66-74-119(75-67-111)147-95-99(58-47-39-28-17-5)59-48-40-29-18-6/h62-77,85-92,97-100H,13-61,78-84,93-96H2,1-12H3,(H2,129,133,137)(H2,130,134,138)(H2,131,135,139)(H2,132,136,140). The summed E-state index contributed by atoms with van der Waals surface area (Å²) in [6.07, 6.45) is 56.9. The molecule has 0 fully saturated rings. The summed E-state index contributed by atoms with van der Waals surface area (Å²) in [6, 6.07) is 44.6. The fourth-order valence-corrected chi connectivity index (χ4v) is 20.3. The Balaban J connectivity index is 1.19. The molecule has 8 amide bonds. The van der Waals surface area contributed by atoms with E-state index >= 15 is 19.2 Å². The Morgan fingerprint density at radius 2 is 0.365 bits per heavy atom. The van der Waals surface area contributed by atoms with Gasteiger partial charge in [0.25, 0.3) is 0 Å². The van der Waals surface area contributed by atoms with Crippen LogP contribution in [0.25, 0.3) is 0 Å². The highest BCUT2D eigenvalue weighted by Gasteiger charge is 2.28. The minimum atomic E-state index is -0.468. The molecule has 8 bridgehead atoms. The molecule has 8 N–H and O–H groups in total. The molecule has 20 heteroatoms. The highest BCUT2D eigenvalue weighted by atomic mass is 16.5. The van der Waals surface area contributed by atoms with Gasteiger partial charge in [0.2, 0.25) is 0 Å². The number of urea groups is 4. The summed E-state index contributed by atoms with van der Waals surface area (Å²) in [4.78, 5) is 60.4. The van der Waals surface area contributed by atoms with Crippen LogP contribution in [0.5, 0.6) is 46.0 Å². The van der Waals surface area contributed by atoms with Gasteiger partial charge in [-0.2, -0.15) is 0 Å². The lowest BCUT2D eigenvalue weighted by atomic mass is 9.90. The second-order valence-electron chi connectivity index (χ2n) is 42.0. The number of fused-ring (bicyclic) bond motifs is 8. The Morgan fingerprint density at radius 1 is 0.203 bits per heavy atom. The molecule has 0 atom stereocenters. The Bertz CT molecular complexity index is 4750. The van der Waals surface area contributed by atoms with Gasteiger partial charge in [0.1, 0.15) is 46.0 Å². The number of amides is 8. The van der Waals surface area contributed by atoms with E-state index in [0.717, 1.165) is 166 Å². The minimum absolute atomic E-state index is 0.165. The summed E-state index contributed by atoms with van der Waals surface area (Å²) in [7, 11) is 1.68. The van der Waals surface area contributed by atoms with Gasteiger partial charge in [-0.05, 0) is 240 Å². The van der Waals surface area contributed by atoms with Gasteiger partial charge in [-0.25, -0.2) is 19.2 Å². The SMILES string of the molecule is CCCCCCC(CCCCCC)COc1ccc(NC(=O)Nc2cc3c(OC)c(c2)Cc2cc(NC(=O)Nc4ccc(OCC(CCCCCC)CCCCCC)cc4)cc(c2OCCCCC)Cc2cc(NC(=O)Nc4ccc(OCC(CCCCCC)CCCCCC)cc4)cc(c2OCCCCC)Cc2cc(NC(=O)Nc4ccc(OCC(CCCCCC)CCCCCC)cc4)cc(c2OCCCCC)C3)cc1. The predicted molar refractivity (Wildman–Crippen MR) is 621 cm³/mol. The van der Waals surface area contributed by atoms with Crippen LogP contribution in [0.4, 0.5) is 64.7 Å². The Kier molecular flexibility index (Phi) is 59.3. The lowest BCUT2D eigenvalue weighted by molar-refractivity contribution is 0.224. The lowest BCUT2D eigenvalue weighted by Crippen LogP contribution is -2.21. The number of carbonyl (C=O) groups is 4. The van der Waals surface area contributed by atoms with Gasteiger partial charge in [-0.1, -0.05) is 320 Å². The molecule has 8 aromatic carbocycles. The zero-order chi connectivity index (χ0) is 105. The zero-order valence-electron chi connectivity index (χ0n) is 93.5.